The van der Waals surface area contributed by atoms with E-state index in [2.05, 4.69) is 17.2 Å². The molecule has 3 nitrogen and oxygen atoms in total. The summed E-state index contributed by atoms with van der Waals surface area (Å²) in [6.45, 7) is 0.200. The lowest BCUT2D eigenvalue weighted by atomic mass is 10.1. The molecule has 3 N–H and O–H groups in total. The number of carbonyl (C=O) groups is 1. The Labute approximate surface area is 106 Å². The van der Waals surface area contributed by atoms with Crippen molar-refractivity contribution < 1.29 is 9.18 Å². The molecule has 0 spiro atoms. The third-order valence-electron chi connectivity index (χ3n) is 2.75. The van der Waals surface area contributed by atoms with Gasteiger partial charge in [0.1, 0.15) is 5.82 Å². The quantitative estimate of drug-likeness (QED) is 0.800. The maximum Gasteiger partial charge on any atom is 0.224 e. The van der Waals surface area contributed by atoms with Crippen molar-refractivity contribution in [3.8, 4) is 11.8 Å². The Morgan fingerprint density at radius 3 is 2.94 bits per heavy atom. The maximum atomic E-state index is 13.1. The minimum atomic E-state index is -0.378. The standard InChI is InChI=1S/C14H15FN2O/c15-12-5-6-13(11(9-12)2-1-7-16)17-14(18)8-10-3-4-10/h5-6,9-10H,3-4,7-8,16H2,(H,17,18). The van der Waals surface area contributed by atoms with Gasteiger partial charge in [-0.1, -0.05) is 11.8 Å². The first-order valence-electron chi connectivity index (χ1n) is 5.97. The largest absolute Gasteiger partial charge is 0.325 e. The third kappa shape index (κ3) is 3.57. The average Bonchev–Trinajstić information content (AvgIpc) is 3.13. The Hall–Kier alpha value is -1.86. The normalized spacial score (nSPS) is 13.7. The zero-order valence-electron chi connectivity index (χ0n) is 10.0. The van der Waals surface area contributed by atoms with Crippen LogP contribution in [0.5, 0.6) is 0 Å². The molecule has 1 saturated carbocycles. The number of carbonyl (C=O) groups excluding carboxylic acids is 1. The van der Waals surface area contributed by atoms with Gasteiger partial charge in [0.15, 0.2) is 0 Å². The van der Waals surface area contributed by atoms with Crippen molar-refractivity contribution >= 4 is 11.6 Å². The molecule has 0 saturated heterocycles. The Morgan fingerprint density at radius 2 is 2.28 bits per heavy atom. The van der Waals surface area contributed by atoms with Gasteiger partial charge < -0.3 is 11.1 Å². The van der Waals surface area contributed by atoms with Crippen LogP contribution in [0.1, 0.15) is 24.8 Å². The Kier molecular flexibility index (Phi) is 3.96. The fourth-order valence-corrected chi connectivity index (χ4v) is 1.66. The molecule has 0 radical (unpaired) electrons. The van der Waals surface area contributed by atoms with Crippen molar-refractivity contribution in [1.29, 1.82) is 0 Å². The minimum Gasteiger partial charge on any atom is -0.325 e. The first-order valence-corrected chi connectivity index (χ1v) is 5.97. The van der Waals surface area contributed by atoms with Gasteiger partial charge in [-0.25, -0.2) is 4.39 Å². The molecule has 2 rings (SSSR count). The predicted molar refractivity (Wildman–Crippen MR) is 68.3 cm³/mol. The molecular weight excluding hydrogens is 231 g/mol. The number of hydrogen-bond donors (Lipinski definition) is 2. The molecule has 4 heteroatoms. The van der Waals surface area contributed by atoms with Crippen molar-refractivity contribution in [2.75, 3.05) is 11.9 Å². The van der Waals surface area contributed by atoms with Crippen molar-refractivity contribution in [3.05, 3.63) is 29.6 Å². The first kappa shape index (κ1) is 12.6. The highest BCUT2D eigenvalue weighted by Crippen LogP contribution is 2.32. The number of rotatable bonds is 3. The lowest BCUT2D eigenvalue weighted by Gasteiger charge is -2.07. The Balaban J connectivity index is 2.12. The smallest absolute Gasteiger partial charge is 0.224 e. The number of nitrogens with one attached hydrogen (secondary N) is 1. The van der Waals surface area contributed by atoms with E-state index in [0.29, 0.717) is 23.6 Å². The van der Waals surface area contributed by atoms with Crippen LogP contribution in [0.15, 0.2) is 18.2 Å². The highest BCUT2D eigenvalue weighted by atomic mass is 19.1. The van der Waals surface area contributed by atoms with Crippen molar-refractivity contribution in [2.45, 2.75) is 19.3 Å². The summed E-state index contributed by atoms with van der Waals surface area (Å²) in [5.74, 6) is 5.51. The molecule has 1 amide bonds. The lowest BCUT2D eigenvalue weighted by molar-refractivity contribution is -0.116. The third-order valence-corrected chi connectivity index (χ3v) is 2.75. The Morgan fingerprint density at radius 1 is 1.50 bits per heavy atom. The highest BCUT2D eigenvalue weighted by Gasteiger charge is 2.24. The minimum absolute atomic E-state index is 0.0418. The van der Waals surface area contributed by atoms with Gasteiger partial charge in [0.05, 0.1) is 17.8 Å². The summed E-state index contributed by atoms with van der Waals surface area (Å²) in [4.78, 5) is 11.7. The predicted octanol–water partition coefficient (Wildman–Crippen LogP) is 1.87. The molecule has 0 aromatic heterocycles. The summed E-state index contributed by atoms with van der Waals surface area (Å²) in [7, 11) is 0. The number of hydrogen-bond acceptors (Lipinski definition) is 2. The molecule has 1 aliphatic carbocycles. The van der Waals surface area contributed by atoms with Crippen LogP contribution in [-0.2, 0) is 4.79 Å². The van der Waals surface area contributed by atoms with Crippen LogP contribution in [0.25, 0.3) is 0 Å². The summed E-state index contributed by atoms with van der Waals surface area (Å²) in [6.07, 6.45) is 2.77. The molecule has 0 aliphatic heterocycles. The zero-order valence-corrected chi connectivity index (χ0v) is 10.0. The second kappa shape index (κ2) is 5.65. The summed E-state index contributed by atoms with van der Waals surface area (Å²) < 4.78 is 13.1. The van der Waals surface area contributed by atoms with Gasteiger partial charge in [0.25, 0.3) is 0 Å². The molecule has 1 aromatic rings. The van der Waals surface area contributed by atoms with Crippen LogP contribution in [0.4, 0.5) is 10.1 Å². The molecule has 0 atom stereocenters. The molecule has 0 heterocycles. The lowest BCUT2D eigenvalue weighted by Crippen LogP contribution is -2.13. The number of halogens is 1. The van der Waals surface area contributed by atoms with Crippen LogP contribution in [0, 0.1) is 23.6 Å². The van der Waals surface area contributed by atoms with Crippen LogP contribution in [0.3, 0.4) is 0 Å². The van der Waals surface area contributed by atoms with Gasteiger partial charge in [-0.2, -0.15) is 0 Å². The van der Waals surface area contributed by atoms with Gasteiger partial charge in [0, 0.05) is 6.42 Å². The molecule has 0 bridgehead atoms. The van der Waals surface area contributed by atoms with E-state index in [1.54, 1.807) is 0 Å². The molecule has 94 valence electrons. The number of amides is 1. The first-order chi connectivity index (χ1) is 8.69. The van der Waals surface area contributed by atoms with Crippen LogP contribution in [0.2, 0.25) is 0 Å². The number of anilines is 1. The van der Waals surface area contributed by atoms with Gasteiger partial charge in [-0.3, -0.25) is 4.79 Å². The average molecular weight is 246 g/mol. The molecular formula is C14H15FN2O. The van der Waals surface area contributed by atoms with Crippen molar-refractivity contribution in [1.82, 2.24) is 0 Å². The van der Waals surface area contributed by atoms with Gasteiger partial charge in [-0.05, 0) is 37.0 Å². The molecule has 0 unspecified atom stereocenters. The fraction of sp³-hybridized carbons (Fsp3) is 0.357. The van der Waals surface area contributed by atoms with Crippen molar-refractivity contribution in [2.24, 2.45) is 11.7 Å². The molecule has 1 fully saturated rings. The number of nitrogens with two attached hydrogens (primary N) is 1. The van der Waals surface area contributed by atoms with E-state index >= 15 is 0 Å². The Bertz CT molecular complexity index is 512. The topological polar surface area (TPSA) is 55.1 Å². The van der Waals surface area contributed by atoms with Crippen LogP contribution < -0.4 is 11.1 Å². The molecule has 18 heavy (non-hydrogen) atoms. The monoisotopic (exact) mass is 246 g/mol. The SMILES string of the molecule is NCC#Cc1cc(F)ccc1NC(=O)CC1CC1. The zero-order chi connectivity index (χ0) is 13.0. The summed E-state index contributed by atoms with van der Waals surface area (Å²) in [5, 5.41) is 2.77. The summed E-state index contributed by atoms with van der Waals surface area (Å²) in [6, 6.07) is 4.14. The van der Waals surface area contributed by atoms with Gasteiger partial charge in [-0.15, -0.1) is 0 Å². The van der Waals surface area contributed by atoms with E-state index in [-0.39, 0.29) is 18.3 Å². The van der Waals surface area contributed by atoms with E-state index in [1.807, 2.05) is 0 Å². The van der Waals surface area contributed by atoms with Crippen LogP contribution >= 0.6 is 0 Å². The van der Waals surface area contributed by atoms with Gasteiger partial charge >= 0.3 is 0 Å². The second-order valence-corrected chi connectivity index (χ2v) is 4.39. The van der Waals surface area contributed by atoms with Crippen molar-refractivity contribution in [3.63, 3.8) is 0 Å². The summed E-state index contributed by atoms with van der Waals surface area (Å²) in [5.41, 5.74) is 6.29. The highest BCUT2D eigenvalue weighted by molar-refractivity contribution is 5.92. The van der Waals surface area contributed by atoms with E-state index in [4.69, 9.17) is 5.73 Å². The van der Waals surface area contributed by atoms with Gasteiger partial charge in [0.2, 0.25) is 5.91 Å². The van der Waals surface area contributed by atoms with E-state index < -0.39 is 0 Å². The fourth-order valence-electron chi connectivity index (χ4n) is 1.66. The molecule has 1 aliphatic rings. The maximum absolute atomic E-state index is 13.1. The second-order valence-electron chi connectivity index (χ2n) is 4.39. The van der Waals surface area contributed by atoms with E-state index in [1.165, 1.54) is 18.2 Å². The van der Waals surface area contributed by atoms with E-state index in [9.17, 15) is 9.18 Å². The molecule has 1 aromatic carbocycles. The summed E-state index contributed by atoms with van der Waals surface area (Å²) >= 11 is 0. The number of benzene rings is 1. The van der Waals surface area contributed by atoms with E-state index in [0.717, 1.165) is 12.8 Å². The van der Waals surface area contributed by atoms with Crippen LogP contribution in [-0.4, -0.2) is 12.5 Å².